The van der Waals surface area contributed by atoms with Gasteiger partial charge in [0.15, 0.2) is 18.1 Å². The lowest BCUT2D eigenvalue weighted by Gasteiger charge is -2.18. The van der Waals surface area contributed by atoms with Gasteiger partial charge < -0.3 is 21.1 Å². The van der Waals surface area contributed by atoms with Crippen LogP contribution in [0.1, 0.15) is 10.5 Å². The zero-order valence-electron chi connectivity index (χ0n) is 15.9. The molecule has 0 saturated heterocycles. The number of ether oxygens (including phenoxy) is 1. The molecule has 10 nitrogen and oxygen atoms in total. The molecule has 0 fully saturated rings. The molecule has 0 radical (unpaired) electrons. The fourth-order valence-electron chi connectivity index (χ4n) is 2.12. The van der Waals surface area contributed by atoms with Gasteiger partial charge in [0.25, 0.3) is 11.8 Å². The molecule has 1 aromatic carbocycles. The number of benzene rings is 1. The highest BCUT2D eigenvalue weighted by molar-refractivity contribution is 6.41. The molecule has 0 spiro atoms. The Kier molecular flexibility index (Phi) is 7.20. The largest absolute Gasteiger partial charge is 0.482 e. The van der Waals surface area contributed by atoms with Crippen molar-refractivity contribution in [2.45, 2.75) is 12.4 Å². The summed E-state index contributed by atoms with van der Waals surface area (Å²) in [5.74, 6) is -6.96. The number of Topliss-reactive ketones (excluding diaryl/α,β-unsaturated/α-hetero) is 2. The summed E-state index contributed by atoms with van der Waals surface area (Å²) < 4.78 is 72.2. The number of carbonyl (C=O) groups is 4. The third-order valence-corrected chi connectivity index (χ3v) is 3.54. The van der Waals surface area contributed by atoms with Crippen LogP contribution in [0.15, 0.2) is 30.6 Å². The highest BCUT2D eigenvalue weighted by Crippen LogP contribution is 2.30. The third kappa shape index (κ3) is 6.62. The maximum absolute atomic E-state index is 12.1. The van der Waals surface area contributed by atoms with Crippen molar-refractivity contribution in [1.29, 1.82) is 0 Å². The van der Waals surface area contributed by atoms with E-state index < -0.39 is 29.8 Å². The van der Waals surface area contributed by atoms with E-state index >= 15 is 0 Å². The fourth-order valence-corrected chi connectivity index (χ4v) is 2.12. The number of nitrogens with two attached hydrogens (primary N) is 1. The highest BCUT2D eigenvalue weighted by atomic mass is 19.4. The van der Waals surface area contributed by atoms with E-state index in [4.69, 9.17) is 10.5 Å². The molecular weight excluding hydrogens is 468 g/mol. The van der Waals surface area contributed by atoms with Crippen molar-refractivity contribution in [2.75, 3.05) is 23.0 Å². The minimum absolute atomic E-state index is 0.0458. The van der Waals surface area contributed by atoms with Gasteiger partial charge in [-0.05, 0) is 12.1 Å². The Morgan fingerprint density at radius 2 is 1.58 bits per heavy atom. The number of aromatic nitrogens is 2. The molecule has 1 aliphatic rings. The average molecular weight is 479 g/mol. The molecule has 0 aliphatic carbocycles. The second-order valence-corrected chi connectivity index (χ2v) is 5.95. The minimum Gasteiger partial charge on any atom is -0.482 e. The summed E-state index contributed by atoms with van der Waals surface area (Å²) in [4.78, 5) is 50.1. The van der Waals surface area contributed by atoms with Crippen molar-refractivity contribution >= 4 is 40.6 Å². The van der Waals surface area contributed by atoms with Crippen molar-refractivity contribution in [3.8, 4) is 5.75 Å². The molecule has 0 atom stereocenters. The molecule has 0 bridgehead atoms. The first kappa shape index (κ1) is 25.0. The topological polar surface area (TPSA) is 153 Å². The Balaban J connectivity index is 0.000000277. The number of hydrogen-bond acceptors (Lipinski definition) is 8. The van der Waals surface area contributed by atoms with E-state index in [0.29, 0.717) is 17.1 Å². The number of fused-ring (bicyclic) bond motifs is 1. The van der Waals surface area contributed by atoms with Crippen molar-refractivity contribution in [3.05, 3.63) is 36.3 Å². The van der Waals surface area contributed by atoms with Crippen LogP contribution in [0.25, 0.3) is 0 Å². The first-order valence-corrected chi connectivity index (χ1v) is 8.37. The molecule has 2 amide bonds. The predicted molar refractivity (Wildman–Crippen MR) is 97.1 cm³/mol. The first-order valence-electron chi connectivity index (χ1n) is 8.37. The molecule has 0 unspecified atom stereocenters. The van der Waals surface area contributed by atoms with Crippen LogP contribution in [0.3, 0.4) is 0 Å². The van der Waals surface area contributed by atoms with Crippen LogP contribution in [0.2, 0.25) is 0 Å². The lowest BCUT2D eigenvalue weighted by molar-refractivity contribution is -0.193. The van der Waals surface area contributed by atoms with E-state index in [1.165, 1.54) is 12.4 Å². The molecule has 176 valence electrons. The number of nitrogens with zero attached hydrogens (tertiary/aromatic N) is 2. The molecule has 4 N–H and O–H groups in total. The van der Waals surface area contributed by atoms with Crippen LogP contribution in [0.5, 0.6) is 5.75 Å². The zero-order valence-corrected chi connectivity index (χ0v) is 15.9. The number of anilines is 3. The molecule has 2 aromatic rings. The van der Waals surface area contributed by atoms with Crippen LogP contribution in [-0.4, -0.2) is 52.3 Å². The highest BCUT2D eigenvalue weighted by Gasteiger charge is 2.54. The van der Waals surface area contributed by atoms with E-state index in [1.54, 1.807) is 18.2 Å². The standard InChI is InChI=1S/C13H11N5O3.C4F6O2/c14-12-11(15-3-4-16-12)13(20)17-7-1-2-8-9(5-7)21-6-10(19)18-8;5-3(6,7)1(11)2(12)4(8,9)10/h1-5H,6H2,(H2,14,16)(H,17,20)(H,18,19);. The summed E-state index contributed by atoms with van der Waals surface area (Å²) >= 11 is 0. The van der Waals surface area contributed by atoms with Gasteiger partial charge in [-0.1, -0.05) is 0 Å². The maximum Gasteiger partial charge on any atom is 0.458 e. The molecule has 2 heterocycles. The van der Waals surface area contributed by atoms with Gasteiger partial charge in [-0.2, -0.15) is 26.3 Å². The number of ketones is 2. The van der Waals surface area contributed by atoms with E-state index in [0.717, 1.165) is 0 Å². The Morgan fingerprint density at radius 3 is 2.12 bits per heavy atom. The predicted octanol–water partition coefficient (Wildman–Crippen LogP) is 1.89. The minimum atomic E-state index is -5.77. The zero-order chi connectivity index (χ0) is 25.0. The maximum atomic E-state index is 12.1. The number of nitrogen functional groups attached to an aromatic ring is 1. The van der Waals surface area contributed by atoms with E-state index in [1.807, 2.05) is 0 Å². The summed E-state index contributed by atoms with van der Waals surface area (Å²) in [6.45, 7) is -0.0541. The number of carbonyl (C=O) groups excluding carboxylic acids is 4. The number of amides is 2. The summed E-state index contributed by atoms with van der Waals surface area (Å²) in [5, 5.41) is 5.31. The second kappa shape index (κ2) is 9.49. The van der Waals surface area contributed by atoms with Gasteiger partial charge in [0.05, 0.1) is 5.69 Å². The van der Waals surface area contributed by atoms with Crippen LogP contribution in [-0.2, 0) is 14.4 Å². The Bertz CT molecular complexity index is 1080. The first-order chi connectivity index (χ1) is 15.2. The third-order valence-electron chi connectivity index (χ3n) is 3.54. The van der Waals surface area contributed by atoms with E-state index in [2.05, 4.69) is 20.6 Å². The second-order valence-electron chi connectivity index (χ2n) is 5.95. The van der Waals surface area contributed by atoms with Crippen LogP contribution in [0.4, 0.5) is 43.5 Å². The Hall–Kier alpha value is -4.24. The summed E-state index contributed by atoms with van der Waals surface area (Å²) in [6.07, 6.45) is -8.75. The fraction of sp³-hybridized carbons (Fsp3) is 0.176. The number of alkyl halides is 6. The molecular formula is C17H11F6N5O5. The molecule has 3 rings (SSSR count). The molecule has 16 heteroatoms. The van der Waals surface area contributed by atoms with Crippen LogP contribution < -0.4 is 21.1 Å². The SMILES string of the molecule is Nc1nccnc1C(=O)Nc1ccc2c(c1)OCC(=O)N2.O=C(C(=O)C(F)(F)F)C(F)(F)F. The van der Waals surface area contributed by atoms with Gasteiger partial charge in [0.2, 0.25) is 0 Å². The number of halogens is 6. The van der Waals surface area contributed by atoms with Crippen LogP contribution in [0, 0.1) is 0 Å². The molecule has 33 heavy (non-hydrogen) atoms. The van der Waals surface area contributed by atoms with Crippen molar-refractivity contribution in [3.63, 3.8) is 0 Å². The summed E-state index contributed by atoms with van der Waals surface area (Å²) in [6, 6.07) is 4.89. The van der Waals surface area contributed by atoms with Gasteiger partial charge in [0.1, 0.15) is 5.75 Å². The lowest BCUT2D eigenvalue weighted by Crippen LogP contribution is -2.39. The number of rotatable bonds is 3. The average Bonchev–Trinajstić information content (AvgIpc) is 2.72. The van der Waals surface area contributed by atoms with Crippen molar-refractivity contribution < 1.29 is 50.3 Å². The van der Waals surface area contributed by atoms with Gasteiger partial charge in [0, 0.05) is 24.1 Å². The molecule has 1 aliphatic heterocycles. The summed E-state index contributed by atoms with van der Waals surface area (Å²) in [5.41, 5.74) is 6.70. The van der Waals surface area contributed by atoms with Crippen molar-refractivity contribution in [1.82, 2.24) is 9.97 Å². The van der Waals surface area contributed by atoms with Gasteiger partial charge in [-0.25, -0.2) is 9.97 Å². The van der Waals surface area contributed by atoms with Gasteiger partial charge in [-0.15, -0.1) is 0 Å². The van der Waals surface area contributed by atoms with Crippen LogP contribution >= 0.6 is 0 Å². The normalized spacial score (nSPS) is 12.8. The Morgan fingerprint density at radius 1 is 1.00 bits per heavy atom. The van der Waals surface area contributed by atoms with Crippen molar-refractivity contribution in [2.24, 2.45) is 0 Å². The number of nitrogens with one attached hydrogen (secondary N) is 2. The lowest BCUT2D eigenvalue weighted by atomic mass is 10.2. The Labute approximate surface area is 179 Å². The van der Waals surface area contributed by atoms with Gasteiger partial charge >= 0.3 is 23.9 Å². The van der Waals surface area contributed by atoms with E-state index in [9.17, 15) is 45.5 Å². The van der Waals surface area contributed by atoms with Gasteiger partial charge in [-0.3, -0.25) is 19.2 Å². The summed E-state index contributed by atoms with van der Waals surface area (Å²) in [7, 11) is 0. The molecule has 1 aromatic heterocycles. The molecule has 0 saturated carbocycles. The number of hydrogen-bond donors (Lipinski definition) is 3. The smallest absolute Gasteiger partial charge is 0.458 e. The van der Waals surface area contributed by atoms with E-state index in [-0.39, 0.29) is 24.0 Å². The quantitative estimate of drug-likeness (QED) is 0.446. The monoisotopic (exact) mass is 479 g/mol.